The van der Waals surface area contributed by atoms with E-state index in [1.165, 1.54) is 0 Å². The highest BCUT2D eigenvalue weighted by Crippen LogP contribution is 2.41. The molecule has 0 radical (unpaired) electrons. The molecule has 0 bridgehead atoms. The summed E-state index contributed by atoms with van der Waals surface area (Å²) >= 11 is 0. The van der Waals surface area contributed by atoms with E-state index in [9.17, 15) is 0 Å². The molecule has 4 aliphatic heterocycles. The van der Waals surface area contributed by atoms with Crippen molar-refractivity contribution in [3.8, 4) is 0 Å². The average molecular weight is 438 g/mol. The van der Waals surface area contributed by atoms with E-state index in [4.69, 9.17) is 18.6 Å². The zero-order chi connectivity index (χ0) is 23.7. The second kappa shape index (κ2) is 7.39. The minimum absolute atomic E-state index is 0.363. The van der Waals surface area contributed by atoms with Crippen molar-refractivity contribution in [2.45, 2.75) is 91.6 Å². The molecule has 8 heteroatoms. The quantitative estimate of drug-likeness (QED) is 0.570. The topological polar surface area (TPSA) is 43.4 Å². The summed E-state index contributed by atoms with van der Waals surface area (Å²) in [6.07, 6.45) is 12.6. The summed E-state index contributed by atoms with van der Waals surface area (Å²) in [4.78, 5) is 4.08. The predicted molar refractivity (Wildman–Crippen MR) is 129 cm³/mol. The van der Waals surface area contributed by atoms with Crippen LogP contribution in [0.25, 0.3) is 0 Å². The second-order valence-corrected chi connectivity index (χ2v) is 11.1. The summed E-state index contributed by atoms with van der Waals surface area (Å²) in [7, 11) is -0.866. The SMILES string of the molecule is CC1=CC(=C2C=CN(B3OC(C)(C)C(C)(C)O3)C=C2)C=C(C)N1B1OC(C)(C)C(C)(C)O1. The Kier molecular flexibility index (Phi) is 5.41. The summed E-state index contributed by atoms with van der Waals surface area (Å²) in [6, 6.07) is 0. The van der Waals surface area contributed by atoms with Gasteiger partial charge >= 0.3 is 14.5 Å². The molecule has 172 valence electrons. The van der Waals surface area contributed by atoms with Gasteiger partial charge in [0, 0.05) is 11.4 Å². The minimum Gasteiger partial charge on any atom is -0.384 e. The fourth-order valence-corrected chi connectivity index (χ4v) is 4.03. The largest absolute Gasteiger partial charge is 0.598 e. The molecule has 4 heterocycles. The molecule has 4 rings (SSSR count). The zero-order valence-corrected chi connectivity index (χ0v) is 21.1. The van der Waals surface area contributed by atoms with Gasteiger partial charge in [0.25, 0.3) is 0 Å². The van der Waals surface area contributed by atoms with Gasteiger partial charge in [-0.2, -0.15) is 0 Å². The molecule has 4 aliphatic rings. The van der Waals surface area contributed by atoms with Crippen molar-refractivity contribution < 1.29 is 18.6 Å². The molecular formula is C24H36B2N2O4. The monoisotopic (exact) mass is 438 g/mol. The number of nitrogens with zero attached hydrogens (tertiary/aromatic N) is 2. The van der Waals surface area contributed by atoms with Gasteiger partial charge in [0.15, 0.2) is 0 Å². The molecule has 0 spiro atoms. The first-order valence-corrected chi connectivity index (χ1v) is 11.4. The molecular weight excluding hydrogens is 402 g/mol. The van der Waals surface area contributed by atoms with Crippen LogP contribution < -0.4 is 0 Å². The molecule has 2 saturated heterocycles. The van der Waals surface area contributed by atoms with Crippen molar-refractivity contribution >= 4 is 14.5 Å². The maximum atomic E-state index is 6.27. The Morgan fingerprint density at radius 2 is 0.969 bits per heavy atom. The molecule has 2 fully saturated rings. The van der Waals surface area contributed by atoms with Gasteiger partial charge in [0.05, 0.1) is 22.4 Å². The highest BCUT2D eigenvalue weighted by molar-refractivity contribution is 6.43. The molecule has 0 aromatic rings. The van der Waals surface area contributed by atoms with Gasteiger partial charge < -0.3 is 28.2 Å². The van der Waals surface area contributed by atoms with E-state index in [-0.39, 0.29) is 22.4 Å². The first-order valence-electron chi connectivity index (χ1n) is 11.4. The fourth-order valence-electron chi connectivity index (χ4n) is 4.03. The van der Waals surface area contributed by atoms with Crippen molar-refractivity contribution in [2.24, 2.45) is 0 Å². The Hall–Kier alpha value is -1.73. The second-order valence-electron chi connectivity index (χ2n) is 11.1. The van der Waals surface area contributed by atoms with Gasteiger partial charge in [0.2, 0.25) is 0 Å². The van der Waals surface area contributed by atoms with Gasteiger partial charge in [-0.1, -0.05) is 0 Å². The molecule has 0 amide bonds. The van der Waals surface area contributed by atoms with Crippen LogP contribution in [0.5, 0.6) is 0 Å². The van der Waals surface area contributed by atoms with Crippen LogP contribution in [-0.4, -0.2) is 46.5 Å². The average Bonchev–Trinajstić information content (AvgIpc) is 3.00. The lowest BCUT2D eigenvalue weighted by atomic mass is 9.90. The molecule has 0 aromatic carbocycles. The Morgan fingerprint density at radius 1 is 0.594 bits per heavy atom. The zero-order valence-electron chi connectivity index (χ0n) is 21.1. The van der Waals surface area contributed by atoms with Crippen molar-refractivity contribution in [1.82, 2.24) is 9.62 Å². The van der Waals surface area contributed by atoms with Gasteiger partial charge in [-0.3, -0.25) is 0 Å². The van der Waals surface area contributed by atoms with E-state index in [1.54, 1.807) is 0 Å². The predicted octanol–water partition coefficient (Wildman–Crippen LogP) is 4.93. The third kappa shape index (κ3) is 3.81. The summed E-state index contributed by atoms with van der Waals surface area (Å²) in [6.45, 7) is 20.7. The van der Waals surface area contributed by atoms with Gasteiger partial charge in [-0.25, -0.2) is 0 Å². The lowest BCUT2D eigenvalue weighted by molar-refractivity contribution is 0.00578. The van der Waals surface area contributed by atoms with E-state index in [0.717, 1.165) is 22.5 Å². The number of rotatable bonds is 2. The van der Waals surface area contributed by atoms with Crippen LogP contribution in [0.2, 0.25) is 0 Å². The molecule has 0 aliphatic carbocycles. The normalized spacial score (nSPS) is 27.9. The first kappa shape index (κ1) is 23.4. The van der Waals surface area contributed by atoms with Crippen molar-refractivity contribution in [1.29, 1.82) is 0 Å². The lowest BCUT2D eigenvalue weighted by Gasteiger charge is -2.32. The number of hydrogen-bond acceptors (Lipinski definition) is 6. The lowest BCUT2D eigenvalue weighted by Crippen LogP contribution is -2.41. The van der Waals surface area contributed by atoms with Crippen LogP contribution in [0.3, 0.4) is 0 Å². The number of hydrogen-bond donors (Lipinski definition) is 0. The summed E-state index contributed by atoms with van der Waals surface area (Å²) in [5, 5.41) is 0. The third-order valence-corrected chi connectivity index (χ3v) is 7.61. The minimum atomic E-state index is -0.435. The molecule has 0 atom stereocenters. The molecule has 0 saturated carbocycles. The van der Waals surface area contributed by atoms with Crippen LogP contribution >= 0.6 is 0 Å². The van der Waals surface area contributed by atoms with Crippen molar-refractivity contribution in [2.75, 3.05) is 0 Å². The van der Waals surface area contributed by atoms with E-state index < -0.39 is 14.5 Å². The van der Waals surface area contributed by atoms with Crippen LogP contribution in [0.1, 0.15) is 69.2 Å². The standard InChI is InChI=1S/C24H36B2N2O4/c1-17-15-20(16-18(2)28(17)26-31-23(7,8)24(9,10)32-26)19-11-13-27(14-12-19)25-29-21(3,4)22(5,6)30-25/h11-16H,1-10H3. The molecule has 0 N–H and O–H groups in total. The van der Waals surface area contributed by atoms with Gasteiger partial charge in [0.1, 0.15) is 0 Å². The Balaban J connectivity index is 1.51. The molecule has 0 unspecified atom stereocenters. The Morgan fingerprint density at radius 3 is 1.38 bits per heavy atom. The number of allylic oxidation sites excluding steroid dienone is 8. The molecule has 0 aromatic heterocycles. The smallest absolute Gasteiger partial charge is 0.384 e. The summed E-state index contributed by atoms with van der Waals surface area (Å²) in [5.41, 5.74) is 2.98. The highest BCUT2D eigenvalue weighted by atomic mass is 16.7. The highest BCUT2D eigenvalue weighted by Gasteiger charge is 2.55. The maximum absolute atomic E-state index is 6.27. The maximum Gasteiger partial charge on any atom is 0.598 e. The fraction of sp³-hybridized carbons (Fsp3) is 0.583. The molecule has 6 nitrogen and oxygen atoms in total. The third-order valence-electron chi connectivity index (χ3n) is 7.61. The van der Waals surface area contributed by atoms with Gasteiger partial charge in [-0.05, 0) is 117 Å². The summed E-state index contributed by atoms with van der Waals surface area (Å²) in [5.74, 6) is 0. The van der Waals surface area contributed by atoms with E-state index in [0.29, 0.717) is 0 Å². The van der Waals surface area contributed by atoms with E-state index in [1.807, 2.05) is 17.2 Å². The van der Waals surface area contributed by atoms with Crippen LogP contribution in [0.4, 0.5) is 0 Å². The van der Waals surface area contributed by atoms with Crippen LogP contribution in [-0.2, 0) is 18.6 Å². The van der Waals surface area contributed by atoms with Crippen LogP contribution in [0, 0.1) is 0 Å². The van der Waals surface area contributed by atoms with Crippen molar-refractivity contribution in [3.63, 3.8) is 0 Å². The van der Waals surface area contributed by atoms with E-state index in [2.05, 4.69) is 98.4 Å². The first-order chi connectivity index (χ1) is 14.6. The molecule has 32 heavy (non-hydrogen) atoms. The summed E-state index contributed by atoms with van der Waals surface area (Å²) < 4.78 is 24.8. The van der Waals surface area contributed by atoms with Crippen LogP contribution in [0.15, 0.2) is 59.2 Å². The Labute approximate surface area is 193 Å². The van der Waals surface area contributed by atoms with E-state index >= 15 is 0 Å². The van der Waals surface area contributed by atoms with Crippen molar-refractivity contribution in [3.05, 3.63) is 59.2 Å². The Bertz CT molecular complexity index is 889. The van der Waals surface area contributed by atoms with Gasteiger partial charge in [-0.15, -0.1) is 0 Å².